The van der Waals surface area contributed by atoms with Crippen LogP contribution in [0.2, 0.25) is 0 Å². The van der Waals surface area contributed by atoms with Crippen LogP contribution in [0, 0.1) is 5.41 Å². The van der Waals surface area contributed by atoms with E-state index >= 15 is 0 Å². The smallest absolute Gasteiger partial charge is 0.548 e. The van der Waals surface area contributed by atoms with E-state index in [9.17, 15) is 14.7 Å². The van der Waals surface area contributed by atoms with Gasteiger partial charge in [0.1, 0.15) is 0 Å². The van der Waals surface area contributed by atoms with Crippen LogP contribution in [0.15, 0.2) is 78.9 Å². The Hall–Kier alpha value is -1.80. The number of carbonyl (C=O) groups excluding carboxylic acids is 2. The van der Waals surface area contributed by atoms with E-state index < -0.39 is 28.9 Å². The van der Waals surface area contributed by atoms with Gasteiger partial charge in [-0.15, -0.1) is 0 Å². The number of hydrogen-bond acceptors (Lipinski definition) is 5. The Morgan fingerprint density at radius 1 is 0.875 bits per heavy atom. The minimum atomic E-state index is -1.37. The fourth-order valence-corrected chi connectivity index (χ4v) is 4.60. The quantitative estimate of drug-likeness (QED) is 0.416. The summed E-state index contributed by atoms with van der Waals surface area (Å²) in [5, 5.41) is 15.7. The molecule has 158 valence electrons. The van der Waals surface area contributed by atoms with Crippen LogP contribution in [0.3, 0.4) is 0 Å². The molecule has 0 aromatic heterocycles. The van der Waals surface area contributed by atoms with Crippen molar-refractivity contribution < 1.29 is 70.8 Å². The number of nitrogens with one attached hydrogen (secondary N) is 1. The van der Waals surface area contributed by atoms with Crippen LogP contribution < -0.4 is 61.8 Å². The van der Waals surface area contributed by atoms with Crippen molar-refractivity contribution in [3.8, 4) is 11.1 Å². The van der Waals surface area contributed by atoms with E-state index in [-0.39, 0.29) is 51.4 Å². The number of carboxylic acids is 1. The Balaban J connectivity index is 0.00000289. The van der Waals surface area contributed by atoms with E-state index in [0.29, 0.717) is 0 Å². The third kappa shape index (κ3) is 3.89. The van der Waals surface area contributed by atoms with Crippen molar-refractivity contribution in [1.29, 1.82) is 0 Å². The molecule has 0 saturated heterocycles. The molecule has 0 heterocycles. The standard InChI is InChI=1S/C26H25NO4.K/c1-25(2,24(30)31-3)22(23(28)29)27-26(17-11-5-4-6-12-17)20-15-9-7-13-18(20)19-14-8-10-16-21(19)26;/h4-16,22,27H,1-3H3,(H,28,29);/q;+1/p-1/t22-;/m1./s1. The SMILES string of the molecule is COC(=O)C(C)(C)[C@H](NC1(c2ccccc2)c2ccccc2-c2ccccc21)C(=O)[O-].[K+]. The fourth-order valence-electron chi connectivity index (χ4n) is 4.60. The van der Waals surface area contributed by atoms with E-state index in [4.69, 9.17) is 4.74 Å². The topological polar surface area (TPSA) is 78.5 Å². The zero-order valence-corrected chi connectivity index (χ0v) is 21.8. The summed E-state index contributed by atoms with van der Waals surface area (Å²) in [6.07, 6.45) is 0. The van der Waals surface area contributed by atoms with Gasteiger partial charge in [0.15, 0.2) is 0 Å². The molecule has 0 radical (unpaired) electrons. The summed E-state index contributed by atoms with van der Waals surface area (Å²) in [6.45, 7) is 3.11. The van der Waals surface area contributed by atoms with Crippen molar-refractivity contribution in [1.82, 2.24) is 5.32 Å². The molecule has 0 bridgehead atoms. The van der Waals surface area contributed by atoms with Crippen molar-refractivity contribution >= 4 is 11.9 Å². The number of methoxy groups -OCH3 is 1. The maximum absolute atomic E-state index is 12.5. The summed E-state index contributed by atoms with van der Waals surface area (Å²) in [5.41, 5.74) is 2.40. The Bertz CT molecular complexity index is 1100. The van der Waals surface area contributed by atoms with Gasteiger partial charge in [0, 0.05) is 0 Å². The number of carbonyl (C=O) groups is 2. The summed E-state index contributed by atoms with van der Waals surface area (Å²) in [5.74, 6) is -2.00. The number of fused-ring (bicyclic) bond motifs is 3. The average Bonchev–Trinajstić information content (AvgIpc) is 3.08. The summed E-state index contributed by atoms with van der Waals surface area (Å²) >= 11 is 0. The molecule has 3 aromatic rings. The van der Waals surface area contributed by atoms with Gasteiger partial charge in [-0.3, -0.25) is 10.1 Å². The summed E-state index contributed by atoms with van der Waals surface area (Å²) in [6, 6.07) is 24.2. The van der Waals surface area contributed by atoms with Gasteiger partial charge in [-0.05, 0) is 41.7 Å². The van der Waals surface area contributed by atoms with E-state index in [0.717, 1.165) is 27.8 Å². The predicted molar refractivity (Wildman–Crippen MR) is 116 cm³/mol. The molecule has 1 N–H and O–H groups in total. The molecular weight excluding hydrogens is 429 g/mol. The normalized spacial score (nSPS) is 14.5. The molecule has 3 aromatic carbocycles. The van der Waals surface area contributed by atoms with E-state index in [2.05, 4.69) is 5.32 Å². The molecule has 5 nitrogen and oxygen atoms in total. The Labute approximate surface area is 230 Å². The first kappa shape index (κ1) is 24.8. The average molecular weight is 454 g/mol. The number of carboxylic acid groups (broad SMARTS) is 1. The second-order valence-corrected chi connectivity index (χ2v) is 8.32. The Morgan fingerprint density at radius 2 is 1.34 bits per heavy atom. The number of rotatable bonds is 6. The molecule has 0 saturated carbocycles. The van der Waals surface area contributed by atoms with Crippen LogP contribution in [-0.4, -0.2) is 25.1 Å². The molecule has 1 atom stereocenters. The van der Waals surface area contributed by atoms with Crippen molar-refractivity contribution in [3.05, 3.63) is 95.6 Å². The van der Waals surface area contributed by atoms with Crippen LogP contribution >= 0.6 is 0 Å². The maximum atomic E-state index is 12.5. The van der Waals surface area contributed by atoms with Crippen LogP contribution in [-0.2, 0) is 19.9 Å². The molecule has 0 spiro atoms. The second kappa shape index (κ2) is 9.59. The van der Waals surface area contributed by atoms with E-state index in [1.165, 1.54) is 7.11 Å². The molecule has 1 aliphatic carbocycles. The van der Waals surface area contributed by atoms with Crippen molar-refractivity contribution in [2.75, 3.05) is 7.11 Å². The van der Waals surface area contributed by atoms with E-state index in [1.54, 1.807) is 13.8 Å². The van der Waals surface area contributed by atoms with Gasteiger partial charge in [-0.2, -0.15) is 0 Å². The van der Waals surface area contributed by atoms with Crippen LogP contribution in [0.1, 0.15) is 30.5 Å². The summed E-state index contributed by atoms with van der Waals surface area (Å²) in [7, 11) is 1.25. The first-order valence-corrected chi connectivity index (χ1v) is 10.2. The summed E-state index contributed by atoms with van der Waals surface area (Å²) in [4.78, 5) is 24.9. The summed E-state index contributed by atoms with van der Waals surface area (Å²) < 4.78 is 4.92. The van der Waals surface area contributed by atoms with E-state index in [1.807, 2.05) is 78.9 Å². The van der Waals surface area contributed by atoms with Gasteiger partial charge in [0.05, 0.1) is 30.1 Å². The molecular formula is C26H24KNO4. The molecule has 4 rings (SSSR count). The van der Waals surface area contributed by atoms with Crippen molar-refractivity contribution in [2.24, 2.45) is 5.41 Å². The molecule has 1 aliphatic rings. The Kier molecular flexibility index (Phi) is 7.44. The second-order valence-electron chi connectivity index (χ2n) is 8.32. The minimum Gasteiger partial charge on any atom is -0.548 e. The number of benzene rings is 3. The maximum Gasteiger partial charge on any atom is 1.00 e. The van der Waals surface area contributed by atoms with Gasteiger partial charge < -0.3 is 14.6 Å². The first-order chi connectivity index (χ1) is 14.8. The van der Waals surface area contributed by atoms with Gasteiger partial charge in [0.25, 0.3) is 0 Å². The molecule has 32 heavy (non-hydrogen) atoms. The minimum absolute atomic E-state index is 0. The van der Waals surface area contributed by atoms with Crippen LogP contribution in [0.4, 0.5) is 0 Å². The van der Waals surface area contributed by atoms with Gasteiger partial charge >= 0.3 is 57.4 Å². The molecule has 0 unspecified atom stereocenters. The third-order valence-electron chi connectivity index (χ3n) is 6.19. The van der Waals surface area contributed by atoms with Crippen LogP contribution in [0.25, 0.3) is 11.1 Å². The van der Waals surface area contributed by atoms with Gasteiger partial charge in [-0.1, -0.05) is 78.9 Å². The first-order valence-electron chi connectivity index (χ1n) is 10.2. The monoisotopic (exact) mass is 453 g/mol. The third-order valence-corrected chi connectivity index (χ3v) is 6.19. The largest absolute Gasteiger partial charge is 1.00 e. The molecule has 0 amide bonds. The predicted octanol–water partition coefficient (Wildman–Crippen LogP) is -0.130. The van der Waals surface area contributed by atoms with Gasteiger partial charge in [-0.25, -0.2) is 0 Å². The number of hydrogen-bond donors (Lipinski definition) is 1. The van der Waals surface area contributed by atoms with Crippen molar-refractivity contribution in [3.63, 3.8) is 0 Å². The molecule has 6 heteroatoms. The van der Waals surface area contributed by atoms with Crippen molar-refractivity contribution in [2.45, 2.75) is 25.4 Å². The molecule has 0 aliphatic heterocycles. The zero-order valence-electron chi connectivity index (χ0n) is 18.7. The van der Waals surface area contributed by atoms with Gasteiger partial charge in [0.2, 0.25) is 0 Å². The zero-order chi connectivity index (χ0) is 22.2. The Morgan fingerprint density at radius 3 is 1.81 bits per heavy atom. The number of ether oxygens (including phenoxy) is 1. The number of esters is 1. The van der Waals surface area contributed by atoms with Crippen LogP contribution in [0.5, 0.6) is 0 Å². The fraction of sp³-hybridized carbons (Fsp3) is 0.231. The molecule has 0 fully saturated rings. The number of aliphatic carboxylic acids is 1.